The van der Waals surface area contributed by atoms with E-state index in [2.05, 4.69) is 52.0 Å². The molecule has 3 heteroatoms. The van der Waals surface area contributed by atoms with E-state index in [9.17, 15) is 0 Å². The molecule has 0 aliphatic carbocycles. The van der Waals surface area contributed by atoms with Crippen molar-refractivity contribution in [3.8, 4) is 11.1 Å². The van der Waals surface area contributed by atoms with Gasteiger partial charge in [-0.15, -0.1) is 0 Å². The summed E-state index contributed by atoms with van der Waals surface area (Å²) in [4.78, 5) is 4.60. The van der Waals surface area contributed by atoms with Crippen LogP contribution in [0.3, 0.4) is 0 Å². The average molecular weight is 293 g/mol. The van der Waals surface area contributed by atoms with E-state index in [-0.39, 0.29) is 0 Å². The Morgan fingerprint density at radius 2 is 1.76 bits per heavy atom. The Kier molecular flexibility index (Phi) is 2.72. The van der Waals surface area contributed by atoms with Crippen molar-refractivity contribution in [1.82, 2.24) is 9.55 Å². The average Bonchev–Trinajstić information content (AvgIpc) is 2.87. The minimum Gasteiger partial charge on any atom is -0.334 e. The van der Waals surface area contributed by atoms with E-state index in [1.165, 1.54) is 16.3 Å². The molecule has 0 saturated heterocycles. The van der Waals surface area contributed by atoms with Gasteiger partial charge in [0.1, 0.15) is 0 Å². The summed E-state index contributed by atoms with van der Waals surface area (Å²) in [5.74, 6) is 0. The molecule has 2 nitrogen and oxygen atoms in total. The van der Waals surface area contributed by atoms with Gasteiger partial charge in [-0.1, -0.05) is 48.0 Å². The molecule has 0 bridgehead atoms. The van der Waals surface area contributed by atoms with Crippen LogP contribution in [0, 0.1) is 0 Å². The van der Waals surface area contributed by atoms with Crippen molar-refractivity contribution >= 4 is 33.4 Å². The number of aromatic nitrogens is 2. The second-order valence-electron chi connectivity index (χ2n) is 5.20. The van der Waals surface area contributed by atoms with Crippen molar-refractivity contribution in [3.05, 3.63) is 65.9 Å². The first-order valence-electron chi connectivity index (χ1n) is 6.83. The van der Waals surface area contributed by atoms with Crippen molar-refractivity contribution in [3.63, 3.8) is 0 Å². The Bertz CT molecular complexity index is 952. The van der Waals surface area contributed by atoms with Crippen molar-refractivity contribution in [2.45, 2.75) is 0 Å². The molecule has 21 heavy (non-hydrogen) atoms. The number of halogens is 1. The van der Waals surface area contributed by atoms with Crippen molar-refractivity contribution < 1.29 is 0 Å². The highest BCUT2D eigenvalue weighted by Crippen LogP contribution is 2.35. The maximum absolute atomic E-state index is 6.02. The maximum atomic E-state index is 6.02. The van der Waals surface area contributed by atoms with E-state index in [4.69, 9.17) is 11.6 Å². The largest absolute Gasteiger partial charge is 0.334 e. The second-order valence-corrected chi connectivity index (χ2v) is 5.64. The minimum absolute atomic E-state index is 0.747. The van der Waals surface area contributed by atoms with Gasteiger partial charge < -0.3 is 4.57 Å². The van der Waals surface area contributed by atoms with Gasteiger partial charge in [0.15, 0.2) is 0 Å². The van der Waals surface area contributed by atoms with Gasteiger partial charge in [0, 0.05) is 17.6 Å². The Morgan fingerprint density at radius 3 is 2.57 bits per heavy atom. The zero-order valence-electron chi connectivity index (χ0n) is 11.5. The molecule has 0 atom stereocenters. The van der Waals surface area contributed by atoms with Crippen LogP contribution >= 0.6 is 11.6 Å². The van der Waals surface area contributed by atoms with Gasteiger partial charge in [-0.3, -0.25) is 0 Å². The minimum atomic E-state index is 0.747. The highest BCUT2D eigenvalue weighted by molar-refractivity contribution is 6.30. The first kappa shape index (κ1) is 12.4. The predicted octanol–water partition coefficient (Wildman–Crippen LogP) is 5.05. The van der Waals surface area contributed by atoms with E-state index in [0.717, 1.165) is 21.6 Å². The van der Waals surface area contributed by atoms with Crippen LogP contribution in [0.5, 0.6) is 0 Å². The number of aryl methyl sites for hydroxylation is 1. The molecule has 0 aliphatic heterocycles. The number of rotatable bonds is 1. The molecule has 0 N–H and O–H groups in total. The van der Waals surface area contributed by atoms with Crippen LogP contribution in [-0.4, -0.2) is 9.55 Å². The highest BCUT2D eigenvalue weighted by atomic mass is 35.5. The molecule has 0 aliphatic rings. The molecule has 0 saturated carbocycles. The summed E-state index contributed by atoms with van der Waals surface area (Å²) < 4.78 is 2.06. The van der Waals surface area contributed by atoms with Crippen molar-refractivity contribution in [2.75, 3.05) is 0 Å². The number of benzene rings is 3. The zero-order valence-corrected chi connectivity index (χ0v) is 12.3. The molecule has 0 spiro atoms. The van der Waals surface area contributed by atoms with Crippen LogP contribution in [0.4, 0.5) is 0 Å². The second kappa shape index (κ2) is 4.61. The lowest BCUT2D eigenvalue weighted by atomic mass is 9.96. The van der Waals surface area contributed by atoms with Crippen molar-refractivity contribution in [1.29, 1.82) is 0 Å². The monoisotopic (exact) mass is 292 g/mol. The summed E-state index contributed by atoms with van der Waals surface area (Å²) in [5.41, 5.74) is 4.47. The van der Waals surface area contributed by atoms with E-state index in [0.29, 0.717) is 0 Å². The fourth-order valence-corrected chi connectivity index (χ4v) is 2.96. The molecular formula is C18H13ClN2. The molecule has 3 aromatic carbocycles. The van der Waals surface area contributed by atoms with E-state index in [1.807, 2.05) is 25.5 Å². The predicted molar refractivity (Wildman–Crippen MR) is 88.7 cm³/mol. The van der Waals surface area contributed by atoms with Crippen LogP contribution < -0.4 is 0 Å². The van der Waals surface area contributed by atoms with E-state index < -0.39 is 0 Å². The third kappa shape index (κ3) is 1.91. The molecule has 4 rings (SSSR count). The van der Waals surface area contributed by atoms with Crippen molar-refractivity contribution in [2.24, 2.45) is 7.05 Å². The molecule has 4 aromatic rings. The molecule has 0 unspecified atom stereocenters. The summed E-state index contributed by atoms with van der Waals surface area (Å²) in [6.45, 7) is 0. The third-order valence-corrected chi connectivity index (χ3v) is 4.13. The zero-order chi connectivity index (χ0) is 14.4. The molecule has 0 radical (unpaired) electrons. The summed E-state index contributed by atoms with van der Waals surface area (Å²) in [5, 5.41) is 3.18. The fourth-order valence-electron chi connectivity index (χ4n) is 2.84. The first-order valence-corrected chi connectivity index (χ1v) is 7.20. The lowest BCUT2D eigenvalue weighted by molar-refractivity contribution is 0.948. The molecule has 0 fully saturated rings. The lowest BCUT2D eigenvalue weighted by Crippen LogP contribution is -1.88. The Hall–Kier alpha value is -2.32. The molecule has 1 aromatic heterocycles. The number of imidazole rings is 1. The summed E-state index contributed by atoms with van der Waals surface area (Å²) in [6.07, 6.45) is 1.86. The SMILES string of the molecule is Cn1cnc2c(-c3ccc(Cl)cc3)c3ccccc3cc21. The Labute approximate surface area is 127 Å². The van der Waals surface area contributed by atoms with Gasteiger partial charge >= 0.3 is 0 Å². The third-order valence-electron chi connectivity index (χ3n) is 3.87. The Balaban J connectivity index is 2.19. The van der Waals surface area contributed by atoms with Gasteiger partial charge in [0.2, 0.25) is 0 Å². The van der Waals surface area contributed by atoms with Crippen LogP contribution in [-0.2, 0) is 7.05 Å². The molecule has 1 heterocycles. The van der Waals surface area contributed by atoms with Gasteiger partial charge in [-0.2, -0.15) is 0 Å². The molecular weight excluding hydrogens is 280 g/mol. The molecule has 0 amide bonds. The van der Waals surface area contributed by atoms with Crippen LogP contribution in [0.25, 0.3) is 32.9 Å². The van der Waals surface area contributed by atoms with Crippen LogP contribution in [0.1, 0.15) is 0 Å². The summed E-state index contributed by atoms with van der Waals surface area (Å²) >= 11 is 6.02. The summed E-state index contributed by atoms with van der Waals surface area (Å²) in [6, 6.07) is 18.6. The highest BCUT2D eigenvalue weighted by Gasteiger charge is 2.12. The van der Waals surface area contributed by atoms with Gasteiger partial charge in [0.05, 0.1) is 17.4 Å². The van der Waals surface area contributed by atoms with Gasteiger partial charge in [-0.25, -0.2) is 4.98 Å². The smallest absolute Gasteiger partial charge is 0.0969 e. The first-order chi connectivity index (χ1) is 10.2. The Morgan fingerprint density at radius 1 is 1.00 bits per heavy atom. The topological polar surface area (TPSA) is 17.8 Å². The number of nitrogens with zero attached hydrogens (tertiary/aromatic N) is 2. The van der Waals surface area contributed by atoms with E-state index in [1.54, 1.807) is 0 Å². The number of fused-ring (bicyclic) bond motifs is 2. The van der Waals surface area contributed by atoms with Gasteiger partial charge in [-0.05, 0) is 34.5 Å². The normalized spacial score (nSPS) is 11.3. The summed E-state index contributed by atoms with van der Waals surface area (Å²) in [7, 11) is 2.02. The van der Waals surface area contributed by atoms with E-state index >= 15 is 0 Å². The number of hydrogen-bond acceptors (Lipinski definition) is 1. The maximum Gasteiger partial charge on any atom is 0.0969 e. The number of hydrogen-bond donors (Lipinski definition) is 0. The lowest BCUT2D eigenvalue weighted by Gasteiger charge is -2.09. The quantitative estimate of drug-likeness (QED) is 0.480. The van der Waals surface area contributed by atoms with Gasteiger partial charge in [0.25, 0.3) is 0 Å². The van der Waals surface area contributed by atoms with Crippen LogP contribution in [0.15, 0.2) is 60.9 Å². The standard InChI is InChI=1S/C18H13ClN2/c1-21-11-20-18-16(21)10-13-4-2-3-5-15(13)17(18)12-6-8-14(19)9-7-12/h2-11H,1H3. The molecule has 102 valence electrons. The van der Waals surface area contributed by atoms with Crippen LogP contribution in [0.2, 0.25) is 5.02 Å². The fraction of sp³-hybridized carbons (Fsp3) is 0.0556.